The second-order valence-electron chi connectivity index (χ2n) is 3.99. The molecule has 0 unspecified atom stereocenters. The van der Waals surface area contributed by atoms with E-state index < -0.39 is 0 Å². The third kappa shape index (κ3) is 3.57. The van der Waals surface area contributed by atoms with Crippen LogP contribution in [0.15, 0.2) is 46.9 Å². The van der Waals surface area contributed by atoms with Crippen molar-refractivity contribution in [2.24, 2.45) is 0 Å². The van der Waals surface area contributed by atoms with E-state index in [0.717, 1.165) is 15.6 Å². The molecule has 0 aliphatic carbocycles. The predicted octanol–water partition coefficient (Wildman–Crippen LogP) is 3.80. The molecule has 4 heteroatoms. The molecular formula is C15H12BrNO2. The summed E-state index contributed by atoms with van der Waals surface area (Å²) in [6, 6.07) is 14.9. The topological polar surface area (TPSA) is 53.2 Å². The number of rotatable bonds is 4. The second kappa shape index (κ2) is 6.37. The summed E-state index contributed by atoms with van der Waals surface area (Å²) in [4.78, 5) is 0. The fourth-order valence-electron chi connectivity index (χ4n) is 1.65. The number of hydrogen-bond donors (Lipinski definition) is 1. The second-order valence-corrected chi connectivity index (χ2v) is 4.91. The molecule has 2 aromatic rings. The lowest BCUT2D eigenvalue weighted by atomic mass is 10.1. The molecule has 2 rings (SSSR count). The molecule has 0 spiro atoms. The maximum Gasteiger partial charge on any atom is 0.134 e. The maximum absolute atomic E-state index is 9.27. The van der Waals surface area contributed by atoms with Gasteiger partial charge in [-0.3, -0.25) is 0 Å². The van der Waals surface area contributed by atoms with Crippen LogP contribution in [0.2, 0.25) is 0 Å². The van der Waals surface area contributed by atoms with E-state index in [1.54, 1.807) is 0 Å². The summed E-state index contributed by atoms with van der Waals surface area (Å²) in [6.45, 7) is -0.0743. The summed E-state index contributed by atoms with van der Waals surface area (Å²) in [5.41, 5.74) is 1.68. The molecule has 0 aliphatic heterocycles. The Hall–Kier alpha value is -1.83. The Labute approximate surface area is 120 Å². The third-order valence-corrected chi connectivity index (χ3v) is 3.13. The average Bonchev–Trinajstić information content (AvgIpc) is 2.42. The summed E-state index contributed by atoms with van der Waals surface area (Å²) in [5, 5.41) is 17.9. The zero-order valence-corrected chi connectivity index (χ0v) is 11.7. The summed E-state index contributed by atoms with van der Waals surface area (Å²) in [5.74, 6) is 1.29. The van der Waals surface area contributed by atoms with Crippen LogP contribution in [0.5, 0.6) is 11.5 Å². The Morgan fingerprint density at radius 1 is 1.16 bits per heavy atom. The molecular weight excluding hydrogens is 306 g/mol. The molecule has 19 heavy (non-hydrogen) atoms. The summed E-state index contributed by atoms with van der Waals surface area (Å²) in [7, 11) is 0. The van der Waals surface area contributed by atoms with Crippen LogP contribution in [0.1, 0.15) is 11.1 Å². The maximum atomic E-state index is 9.27. The number of aliphatic hydroxyl groups is 1. The van der Waals surface area contributed by atoms with E-state index in [-0.39, 0.29) is 6.61 Å². The lowest BCUT2D eigenvalue weighted by Crippen LogP contribution is -1.92. The van der Waals surface area contributed by atoms with Gasteiger partial charge in [0.05, 0.1) is 19.1 Å². The lowest BCUT2D eigenvalue weighted by molar-refractivity contribution is 0.276. The summed E-state index contributed by atoms with van der Waals surface area (Å²) in [6.07, 6.45) is 0.388. The molecule has 96 valence electrons. The highest BCUT2D eigenvalue weighted by atomic mass is 79.9. The van der Waals surface area contributed by atoms with E-state index in [1.807, 2.05) is 42.5 Å². The molecule has 0 radical (unpaired) electrons. The number of halogens is 1. The largest absolute Gasteiger partial charge is 0.457 e. The van der Waals surface area contributed by atoms with Crippen molar-refractivity contribution in [1.82, 2.24) is 0 Å². The van der Waals surface area contributed by atoms with Crippen LogP contribution in [0, 0.1) is 11.3 Å². The molecule has 0 fully saturated rings. The molecule has 2 aromatic carbocycles. The number of aliphatic hydroxyl groups excluding tert-OH is 1. The highest BCUT2D eigenvalue weighted by Crippen LogP contribution is 2.28. The van der Waals surface area contributed by atoms with Gasteiger partial charge in [-0.1, -0.05) is 34.1 Å². The normalized spacial score (nSPS) is 9.95. The van der Waals surface area contributed by atoms with Gasteiger partial charge >= 0.3 is 0 Å². The zero-order chi connectivity index (χ0) is 13.7. The van der Waals surface area contributed by atoms with Gasteiger partial charge in [-0.05, 0) is 29.8 Å². The van der Waals surface area contributed by atoms with Gasteiger partial charge in [0, 0.05) is 10.0 Å². The van der Waals surface area contributed by atoms with Crippen LogP contribution in [0.4, 0.5) is 0 Å². The van der Waals surface area contributed by atoms with Crippen LogP contribution in [-0.4, -0.2) is 5.11 Å². The van der Waals surface area contributed by atoms with Gasteiger partial charge in [-0.15, -0.1) is 0 Å². The molecule has 0 aromatic heterocycles. The minimum absolute atomic E-state index is 0.0743. The summed E-state index contributed by atoms with van der Waals surface area (Å²) < 4.78 is 6.63. The summed E-state index contributed by atoms with van der Waals surface area (Å²) >= 11 is 3.37. The van der Waals surface area contributed by atoms with Gasteiger partial charge in [0.25, 0.3) is 0 Å². The molecule has 0 amide bonds. The van der Waals surface area contributed by atoms with E-state index in [4.69, 9.17) is 10.00 Å². The van der Waals surface area contributed by atoms with E-state index in [9.17, 15) is 5.11 Å². The first-order valence-corrected chi connectivity index (χ1v) is 6.55. The number of nitriles is 1. The molecule has 0 aliphatic rings. The molecule has 0 atom stereocenters. The minimum atomic E-state index is -0.0743. The lowest BCUT2D eigenvalue weighted by Gasteiger charge is -2.10. The minimum Gasteiger partial charge on any atom is -0.457 e. The first-order valence-electron chi connectivity index (χ1n) is 5.76. The quantitative estimate of drug-likeness (QED) is 0.933. The van der Waals surface area contributed by atoms with Crippen molar-refractivity contribution in [3.8, 4) is 17.6 Å². The van der Waals surface area contributed by atoms with Crippen molar-refractivity contribution < 1.29 is 9.84 Å². The predicted molar refractivity (Wildman–Crippen MR) is 75.9 cm³/mol. The van der Waals surface area contributed by atoms with Gasteiger partial charge in [0.2, 0.25) is 0 Å². The van der Waals surface area contributed by atoms with Gasteiger partial charge in [-0.2, -0.15) is 5.26 Å². The van der Waals surface area contributed by atoms with Crippen molar-refractivity contribution in [2.75, 3.05) is 0 Å². The molecule has 0 bridgehead atoms. The van der Waals surface area contributed by atoms with Crippen molar-refractivity contribution in [3.05, 3.63) is 58.1 Å². The van der Waals surface area contributed by atoms with E-state index >= 15 is 0 Å². The SMILES string of the molecule is N#CCc1ccc(Oc2cc(Br)ccc2CO)cc1. The van der Waals surface area contributed by atoms with E-state index in [1.165, 1.54) is 0 Å². The number of hydrogen-bond acceptors (Lipinski definition) is 3. The Balaban J connectivity index is 2.21. The molecule has 0 saturated heterocycles. The standard InChI is InChI=1S/C15H12BrNO2/c16-13-4-3-12(10-18)15(9-13)19-14-5-1-11(2-6-14)7-8-17/h1-6,9,18H,7,10H2. The molecule has 3 nitrogen and oxygen atoms in total. The monoisotopic (exact) mass is 317 g/mol. The van der Waals surface area contributed by atoms with Crippen molar-refractivity contribution >= 4 is 15.9 Å². The Morgan fingerprint density at radius 3 is 2.53 bits per heavy atom. The van der Waals surface area contributed by atoms with E-state index in [0.29, 0.717) is 17.9 Å². The number of benzene rings is 2. The molecule has 0 heterocycles. The molecule has 1 N–H and O–H groups in total. The van der Waals surface area contributed by atoms with Crippen LogP contribution >= 0.6 is 15.9 Å². The van der Waals surface area contributed by atoms with Crippen molar-refractivity contribution in [3.63, 3.8) is 0 Å². The number of nitrogens with zero attached hydrogens (tertiary/aromatic N) is 1. The van der Waals surface area contributed by atoms with Crippen LogP contribution in [0.25, 0.3) is 0 Å². The first-order chi connectivity index (χ1) is 9.22. The Morgan fingerprint density at radius 2 is 1.89 bits per heavy atom. The van der Waals surface area contributed by atoms with Crippen molar-refractivity contribution in [1.29, 1.82) is 5.26 Å². The smallest absolute Gasteiger partial charge is 0.134 e. The highest BCUT2D eigenvalue weighted by molar-refractivity contribution is 9.10. The van der Waals surface area contributed by atoms with Gasteiger partial charge in [0.1, 0.15) is 11.5 Å². The number of ether oxygens (including phenoxy) is 1. The van der Waals surface area contributed by atoms with E-state index in [2.05, 4.69) is 22.0 Å². The fraction of sp³-hybridized carbons (Fsp3) is 0.133. The Bertz CT molecular complexity index is 603. The van der Waals surface area contributed by atoms with Crippen LogP contribution in [0.3, 0.4) is 0 Å². The molecule has 0 saturated carbocycles. The highest BCUT2D eigenvalue weighted by Gasteiger charge is 2.05. The van der Waals surface area contributed by atoms with Gasteiger partial charge in [0.15, 0.2) is 0 Å². The fourth-order valence-corrected chi connectivity index (χ4v) is 1.99. The van der Waals surface area contributed by atoms with Gasteiger partial charge < -0.3 is 9.84 Å². The first kappa shape index (κ1) is 13.6. The van der Waals surface area contributed by atoms with Crippen LogP contribution < -0.4 is 4.74 Å². The zero-order valence-electron chi connectivity index (χ0n) is 10.1. The Kier molecular flexibility index (Phi) is 4.56. The average molecular weight is 318 g/mol. The van der Waals surface area contributed by atoms with Crippen molar-refractivity contribution in [2.45, 2.75) is 13.0 Å². The van der Waals surface area contributed by atoms with Crippen LogP contribution in [-0.2, 0) is 13.0 Å². The third-order valence-electron chi connectivity index (χ3n) is 2.63. The van der Waals surface area contributed by atoms with Gasteiger partial charge in [-0.25, -0.2) is 0 Å².